The van der Waals surface area contributed by atoms with Crippen molar-refractivity contribution in [3.63, 3.8) is 0 Å². The van der Waals surface area contributed by atoms with E-state index in [4.69, 9.17) is 9.15 Å². The molecule has 1 aromatic heterocycles. The maximum atomic E-state index is 11.9. The fraction of sp³-hybridized carbons (Fsp3) is 0.722. The summed E-state index contributed by atoms with van der Waals surface area (Å²) in [6.07, 6.45) is 3.21. The molecule has 132 valence electrons. The van der Waals surface area contributed by atoms with Gasteiger partial charge in [-0.1, -0.05) is 20.8 Å². The van der Waals surface area contributed by atoms with Gasteiger partial charge in [0.05, 0.1) is 12.3 Å². The summed E-state index contributed by atoms with van der Waals surface area (Å²) in [6, 6.07) is 4.19. The van der Waals surface area contributed by atoms with E-state index in [1.807, 2.05) is 32.9 Å². The van der Waals surface area contributed by atoms with Crippen LogP contribution in [0.25, 0.3) is 0 Å². The lowest BCUT2D eigenvalue weighted by Gasteiger charge is -2.26. The third kappa shape index (κ3) is 8.07. The maximum Gasteiger partial charge on any atom is 0.407 e. The molecular formula is C18H32N2O3. The molecule has 0 aliphatic rings. The molecule has 1 amide bonds. The minimum absolute atomic E-state index is 0.147. The van der Waals surface area contributed by atoms with Gasteiger partial charge in [-0.2, -0.15) is 0 Å². The van der Waals surface area contributed by atoms with E-state index in [1.165, 1.54) is 0 Å². The molecular weight excluding hydrogens is 292 g/mol. The molecule has 1 rings (SSSR count). The van der Waals surface area contributed by atoms with Crippen molar-refractivity contribution >= 4 is 6.09 Å². The first kappa shape index (κ1) is 19.6. The van der Waals surface area contributed by atoms with Crippen LogP contribution in [0.15, 0.2) is 22.8 Å². The molecule has 23 heavy (non-hydrogen) atoms. The highest BCUT2D eigenvalue weighted by atomic mass is 16.6. The Balaban J connectivity index is 2.59. The second-order valence-corrected chi connectivity index (χ2v) is 7.35. The Kier molecular flexibility index (Phi) is 7.62. The Morgan fingerprint density at radius 3 is 2.52 bits per heavy atom. The lowest BCUT2D eigenvalue weighted by molar-refractivity contribution is 0.0519. The molecule has 1 aromatic rings. The SMILES string of the molecule is CCC(NC(CNC(=O)OC(C)(C)C)CC(C)C)c1ccco1. The van der Waals surface area contributed by atoms with Crippen LogP contribution in [0.3, 0.4) is 0 Å². The molecule has 1 heterocycles. The Morgan fingerprint density at radius 1 is 1.35 bits per heavy atom. The van der Waals surface area contributed by atoms with Crippen LogP contribution >= 0.6 is 0 Å². The molecule has 0 radical (unpaired) electrons. The third-order valence-corrected chi connectivity index (χ3v) is 3.38. The standard InChI is InChI=1S/C18H32N2O3/c1-7-15(16-9-8-10-22-16)20-14(11-13(2)3)12-19-17(21)23-18(4,5)6/h8-10,13-15,20H,7,11-12H2,1-6H3,(H,19,21). The Hall–Kier alpha value is -1.49. The minimum Gasteiger partial charge on any atom is -0.468 e. The van der Waals surface area contributed by atoms with Crippen molar-refractivity contribution < 1.29 is 13.9 Å². The molecule has 0 aliphatic heterocycles. The van der Waals surface area contributed by atoms with E-state index in [9.17, 15) is 4.79 Å². The Labute approximate surface area is 140 Å². The Bertz CT molecular complexity index is 449. The molecule has 0 saturated heterocycles. The second kappa shape index (κ2) is 8.96. The largest absolute Gasteiger partial charge is 0.468 e. The van der Waals surface area contributed by atoms with Gasteiger partial charge in [0.1, 0.15) is 11.4 Å². The lowest BCUT2D eigenvalue weighted by atomic mass is 10.0. The molecule has 0 fully saturated rings. The predicted molar refractivity (Wildman–Crippen MR) is 92.4 cm³/mol. The second-order valence-electron chi connectivity index (χ2n) is 7.35. The van der Waals surface area contributed by atoms with Gasteiger partial charge in [0, 0.05) is 12.6 Å². The van der Waals surface area contributed by atoms with E-state index >= 15 is 0 Å². The quantitative estimate of drug-likeness (QED) is 0.750. The number of nitrogens with one attached hydrogen (secondary N) is 2. The first-order chi connectivity index (χ1) is 10.7. The number of carbonyl (C=O) groups excluding carboxylic acids is 1. The minimum atomic E-state index is -0.481. The average Bonchev–Trinajstić information content (AvgIpc) is 2.93. The van der Waals surface area contributed by atoms with Crippen molar-refractivity contribution in [1.82, 2.24) is 10.6 Å². The summed E-state index contributed by atoms with van der Waals surface area (Å²) in [5.41, 5.74) is -0.481. The zero-order chi connectivity index (χ0) is 17.5. The molecule has 5 heteroatoms. The van der Waals surface area contributed by atoms with E-state index in [1.54, 1.807) is 6.26 Å². The lowest BCUT2D eigenvalue weighted by Crippen LogP contribution is -2.44. The molecule has 2 unspecified atom stereocenters. The normalized spacial score (nSPS) is 14.6. The third-order valence-electron chi connectivity index (χ3n) is 3.38. The molecule has 0 saturated carbocycles. The summed E-state index contributed by atoms with van der Waals surface area (Å²) in [6.45, 7) is 12.6. The number of amides is 1. The van der Waals surface area contributed by atoms with Gasteiger partial charge >= 0.3 is 6.09 Å². The number of carbonyl (C=O) groups is 1. The van der Waals surface area contributed by atoms with Crippen LogP contribution in [0.4, 0.5) is 4.79 Å². The number of rotatable bonds is 8. The van der Waals surface area contributed by atoms with Gasteiger partial charge in [0.15, 0.2) is 0 Å². The van der Waals surface area contributed by atoms with E-state index in [0.717, 1.165) is 18.6 Å². The van der Waals surface area contributed by atoms with Crippen LogP contribution in [-0.2, 0) is 4.74 Å². The van der Waals surface area contributed by atoms with Crippen LogP contribution < -0.4 is 10.6 Å². The van der Waals surface area contributed by atoms with Crippen LogP contribution in [0.2, 0.25) is 0 Å². The molecule has 0 spiro atoms. The molecule has 2 N–H and O–H groups in total. The number of alkyl carbamates (subject to hydrolysis) is 1. The van der Waals surface area contributed by atoms with E-state index in [2.05, 4.69) is 31.4 Å². The molecule has 0 aromatic carbocycles. The number of hydrogen-bond acceptors (Lipinski definition) is 4. The average molecular weight is 324 g/mol. The molecule has 0 bridgehead atoms. The summed E-state index contributed by atoms with van der Waals surface area (Å²) in [4.78, 5) is 11.9. The van der Waals surface area contributed by atoms with E-state index < -0.39 is 5.60 Å². The van der Waals surface area contributed by atoms with Gasteiger partial charge in [-0.25, -0.2) is 4.79 Å². The van der Waals surface area contributed by atoms with Gasteiger partial charge in [-0.05, 0) is 51.7 Å². The van der Waals surface area contributed by atoms with Gasteiger partial charge < -0.3 is 19.8 Å². The van der Waals surface area contributed by atoms with Crippen LogP contribution in [-0.4, -0.2) is 24.3 Å². The first-order valence-corrected chi connectivity index (χ1v) is 8.47. The first-order valence-electron chi connectivity index (χ1n) is 8.47. The van der Waals surface area contributed by atoms with E-state index in [0.29, 0.717) is 12.5 Å². The Morgan fingerprint density at radius 2 is 2.04 bits per heavy atom. The highest BCUT2D eigenvalue weighted by Gasteiger charge is 2.21. The monoisotopic (exact) mass is 324 g/mol. The fourth-order valence-electron chi connectivity index (χ4n) is 2.48. The van der Waals surface area contributed by atoms with Gasteiger partial charge in [0.2, 0.25) is 0 Å². The highest BCUT2D eigenvalue weighted by molar-refractivity contribution is 5.67. The zero-order valence-electron chi connectivity index (χ0n) is 15.3. The smallest absolute Gasteiger partial charge is 0.407 e. The summed E-state index contributed by atoms with van der Waals surface area (Å²) in [7, 11) is 0. The van der Waals surface area contributed by atoms with Crippen LogP contribution in [0.5, 0.6) is 0 Å². The van der Waals surface area contributed by atoms with Crippen molar-refractivity contribution in [2.24, 2.45) is 5.92 Å². The van der Waals surface area contributed by atoms with Gasteiger partial charge in [0.25, 0.3) is 0 Å². The van der Waals surface area contributed by atoms with Gasteiger partial charge in [-0.3, -0.25) is 0 Å². The number of furan rings is 1. The van der Waals surface area contributed by atoms with Gasteiger partial charge in [-0.15, -0.1) is 0 Å². The van der Waals surface area contributed by atoms with Crippen molar-refractivity contribution in [2.45, 2.75) is 72.1 Å². The summed E-state index contributed by atoms with van der Waals surface area (Å²) in [5.74, 6) is 1.46. The van der Waals surface area contributed by atoms with Crippen molar-refractivity contribution in [1.29, 1.82) is 0 Å². The summed E-state index contributed by atoms with van der Waals surface area (Å²) < 4.78 is 10.8. The predicted octanol–water partition coefficient (Wildman–Crippen LogP) is 4.26. The van der Waals surface area contributed by atoms with Crippen LogP contribution in [0, 0.1) is 5.92 Å². The summed E-state index contributed by atoms with van der Waals surface area (Å²) in [5, 5.41) is 6.46. The molecule has 0 aliphatic carbocycles. The van der Waals surface area contributed by atoms with Crippen LogP contribution in [0.1, 0.15) is 66.2 Å². The maximum absolute atomic E-state index is 11.9. The molecule has 5 nitrogen and oxygen atoms in total. The number of ether oxygens (including phenoxy) is 1. The zero-order valence-corrected chi connectivity index (χ0v) is 15.3. The van der Waals surface area contributed by atoms with Crippen molar-refractivity contribution in [2.75, 3.05) is 6.54 Å². The highest BCUT2D eigenvalue weighted by Crippen LogP contribution is 2.19. The van der Waals surface area contributed by atoms with E-state index in [-0.39, 0.29) is 18.2 Å². The topological polar surface area (TPSA) is 63.5 Å². The number of hydrogen-bond donors (Lipinski definition) is 2. The van der Waals surface area contributed by atoms with Crippen molar-refractivity contribution in [3.8, 4) is 0 Å². The summed E-state index contributed by atoms with van der Waals surface area (Å²) >= 11 is 0. The molecule has 2 atom stereocenters. The van der Waals surface area contributed by atoms with Crippen molar-refractivity contribution in [3.05, 3.63) is 24.2 Å². The fourth-order valence-corrected chi connectivity index (χ4v) is 2.48.